The van der Waals surface area contributed by atoms with Crippen LogP contribution in [0.1, 0.15) is 99.4 Å². The highest BCUT2D eigenvalue weighted by Crippen LogP contribution is 2.47. The Balaban J connectivity index is -0.0000000750. The van der Waals surface area contributed by atoms with Gasteiger partial charge in [0.15, 0.2) is 0 Å². The quantitative estimate of drug-likeness (QED) is 0.511. The van der Waals surface area contributed by atoms with Crippen molar-refractivity contribution in [2.45, 2.75) is 111 Å². The average Bonchev–Trinajstić information content (AvgIpc) is 2.13. The van der Waals surface area contributed by atoms with Gasteiger partial charge in [-0.15, -0.1) is 0 Å². The molecule has 0 radical (unpaired) electrons. The molecule has 0 spiro atoms. The van der Waals surface area contributed by atoms with Crippen molar-refractivity contribution in [1.82, 2.24) is 0 Å². The first-order valence-electron chi connectivity index (χ1n) is 5.79. The maximum absolute atomic E-state index is 11.2. The van der Waals surface area contributed by atoms with E-state index in [-0.39, 0.29) is 61.5 Å². The SMILES string of the molecule is C.C.C.C.C.C.CCC(C)(C(C)(C)OC)C(C)(C)OC(C)=O. The summed E-state index contributed by atoms with van der Waals surface area (Å²) in [6.07, 6.45) is 0.869. The van der Waals surface area contributed by atoms with Crippen LogP contribution in [0.3, 0.4) is 0 Å². The lowest BCUT2D eigenvalue weighted by Gasteiger charge is -2.51. The molecule has 0 fully saturated rings. The minimum absolute atomic E-state index is 0. The lowest BCUT2D eigenvalue weighted by Crippen LogP contribution is -2.57. The van der Waals surface area contributed by atoms with Gasteiger partial charge in [-0.25, -0.2) is 0 Å². The van der Waals surface area contributed by atoms with Gasteiger partial charge in [0, 0.05) is 19.4 Å². The molecule has 0 aliphatic carbocycles. The molecule has 1 unspecified atom stereocenters. The van der Waals surface area contributed by atoms with Gasteiger partial charge in [0.1, 0.15) is 5.60 Å². The van der Waals surface area contributed by atoms with Gasteiger partial charge in [-0.3, -0.25) is 4.79 Å². The number of esters is 1. The Morgan fingerprint density at radius 2 is 1.14 bits per heavy atom. The number of hydrogen-bond acceptors (Lipinski definition) is 3. The molecule has 0 saturated carbocycles. The van der Waals surface area contributed by atoms with Crippen molar-refractivity contribution >= 4 is 5.97 Å². The fraction of sp³-hybridized carbons (Fsp3) is 0.947. The van der Waals surface area contributed by atoms with Crippen molar-refractivity contribution in [3.63, 3.8) is 0 Å². The van der Waals surface area contributed by atoms with E-state index >= 15 is 0 Å². The van der Waals surface area contributed by atoms with E-state index in [0.29, 0.717) is 0 Å². The minimum atomic E-state index is -0.562. The van der Waals surface area contributed by atoms with Crippen LogP contribution in [0.15, 0.2) is 0 Å². The first-order valence-corrected chi connectivity index (χ1v) is 5.79. The molecule has 0 amide bonds. The number of ether oxygens (including phenoxy) is 2. The summed E-state index contributed by atoms with van der Waals surface area (Å²) in [7, 11) is 1.69. The molecule has 3 heteroatoms. The monoisotopic (exact) mass is 326 g/mol. The van der Waals surface area contributed by atoms with E-state index in [1.165, 1.54) is 6.92 Å². The molecule has 0 bridgehead atoms. The summed E-state index contributed by atoms with van der Waals surface area (Å²) in [5.41, 5.74) is -1.17. The molecule has 0 N–H and O–H groups in total. The van der Waals surface area contributed by atoms with Gasteiger partial charge in [-0.2, -0.15) is 0 Å². The van der Waals surface area contributed by atoms with Crippen molar-refractivity contribution in [2.24, 2.45) is 5.41 Å². The number of hydrogen-bond donors (Lipinski definition) is 0. The second-order valence-corrected chi connectivity index (χ2v) is 5.50. The summed E-state index contributed by atoms with van der Waals surface area (Å²) in [5, 5.41) is 0. The molecule has 0 aromatic carbocycles. The molecule has 0 saturated heterocycles. The highest BCUT2D eigenvalue weighted by atomic mass is 16.6. The van der Waals surface area contributed by atoms with Gasteiger partial charge in [0.05, 0.1) is 5.60 Å². The summed E-state index contributed by atoms with van der Waals surface area (Å²) in [4.78, 5) is 11.2. The third kappa shape index (κ3) is 8.17. The summed E-state index contributed by atoms with van der Waals surface area (Å²) in [6.45, 7) is 13.6. The van der Waals surface area contributed by atoms with Crippen molar-refractivity contribution in [3.05, 3.63) is 0 Å². The molecule has 0 aliphatic rings. The Bertz CT molecular complexity index is 257. The van der Waals surface area contributed by atoms with Gasteiger partial charge < -0.3 is 9.47 Å². The lowest BCUT2D eigenvalue weighted by molar-refractivity contribution is -0.201. The minimum Gasteiger partial charge on any atom is -0.459 e. The van der Waals surface area contributed by atoms with Gasteiger partial charge in [-0.05, 0) is 34.1 Å². The third-order valence-corrected chi connectivity index (χ3v) is 4.27. The van der Waals surface area contributed by atoms with E-state index < -0.39 is 5.60 Å². The Labute approximate surface area is 144 Å². The van der Waals surface area contributed by atoms with Crippen LogP contribution in [-0.2, 0) is 14.3 Å². The zero-order chi connectivity index (χ0) is 13.2. The lowest BCUT2D eigenvalue weighted by atomic mass is 9.63. The van der Waals surface area contributed by atoms with Crippen LogP contribution in [0.2, 0.25) is 0 Å². The largest absolute Gasteiger partial charge is 0.459 e. The maximum Gasteiger partial charge on any atom is 0.303 e. The Kier molecular flexibility index (Phi) is 27.4. The van der Waals surface area contributed by atoms with Crippen LogP contribution in [0, 0.1) is 5.41 Å². The predicted molar refractivity (Wildman–Crippen MR) is 106 cm³/mol. The molecule has 3 nitrogen and oxygen atoms in total. The van der Waals surface area contributed by atoms with E-state index in [9.17, 15) is 4.79 Å². The second-order valence-electron chi connectivity index (χ2n) is 5.50. The Hall–Kier alpha value is -0.570. The Morgan fingerprint density at radius 1 is 0.818 bits per heavy atom. The van der Waals surface area contributed by atoms with Crippen LogP contribution >= 0.6 is 0 Å². The first kappa shape index (κ1) is 43.0. The molecule has 0 aliphatic heterocycles. The summed E-state index contributed by atoms with van der Waals surface area (Å²) in [5.74, 6) is -0.253. The molecule has 0 heterocycles. The van der Waals surface area contributed by atoms with Gasteiger partial charge in [0.25, 0.3) is 0 Å². The first-order chi connectivity index (χ1) is 7.04. The Morgan fingerprint density at radius 3 is 1.32 bits per heavy atom. The smallest absolute Gasteiger partial charge is 0.303 e. The zero-order valence-corrected chi connectivity index (χ0v) is 11.9. The van der Waals surface area contributed by atoms with E-state index in [4.69, 9.17) is 9.47 Å². The van der Waals surface area contributed by atoms with Crippen LogP contribution in [0.5, 0.6) is 0 Å². The highest BCUT2D eigenvalue weighted by molar-refractivity contribution is 5.66. The number of carbonyl (C=O) groups is 1. The molecule has 0 aromatic rings. The second kappa shape index (κ2) is 14.0. The molecule has 22 heavy (non-hydrogen) atoms. The van der Waals surface area contributed by atoms with Crippen molar-refractivity contribution in [2.75, 3.05) is 7.11 Å². The normalized spacial score (nSPS) is 12.2. The molecular formula is C19H50O3. The molecule has 0 rings (SSSR count). The van der Waals surface area contributed by atoms with E-state index in [1.54, 1.807) is 7.11 Å². The van der Waals surface area contributed by atoms with E-state index in [2.05, 4.69) is 13.8 Å². The van der Waals surface area contributed by atoms with Crippen LogP contribution in [0.4, 0.5) is 0 Å². The van der Waals surface area contributed by atoms with E-state index in [1.807, 2.05) is 27.7 Å². The van der Waals surface area contributed by atoms with Crippen LogP contribution < -0.4 is 0 Å². The van der Waals surface area contributed by atoms with Gasteiger partial charge >= 0.3 is 5.97 Å². The maximum atomic E-state index is 11.2. The molecule has 1 atom stereocenters. The standard InChI is InChI=1S/C13H26O3.6CH4/c1-9-13(7,11(3,4)15-8)12(5,6)16-10(2)14;;;;;;/h9H2,1-8H3;6*1H4. The number of methoxy groups -OCH3 is 1. The topological polar surface area (TPSA) is 35.5 Å². The molecule has 144 valence electrons. The van der Waals surface area contributed by atoms with E-state index in [0.717, 1.165) is 6.42 Å². The van der Waals surface area contributed by atoms with Crippen molar-refractivity contribution in [3.8, 4) is 0 Å². The average molecular weight is 327 g/mol. The fourth-order valence-electron chi connectivity index (χ4n) is 2.27. The predicted octanol–water partition coefficient (Wildman–Crippen LogP) is 6.99. The summed E-state index contributed by atoms with van der Waals surface area (Å²) < 4.78 is 11.0. The molecular weight excluding hydrogens is 276 g/mol. The number of carbonyl (C=O) groups excluding carboxylic acids is 1. The molecule has 0 aromatic heterocycles. The zero-order valence-electron chi connectivity index (χ0n) is 11.9. The van der Waals surface area contributed by atoms with Crippen molar-refractivity contribution < 1.29 is 14.3 Å². The van der Waals surface area contributed by atoms with Crippen LogP contribution in [0.25, 0.3) is 0 Å². The summed E-state index contributed by atoms with van der Waals surface area (Å²) in [6, 6.07) is 0. The van der Waals surface area contributed by atoms with Gasteiger partial charge in [0.2, 0.25) is 0 Å². The highest BCUT2D eigenvalue weighted by Gasteiger charge is 2.52. The van der Waals surface area contributed by atoms with Gasteiger partial charge in [-0.1, -0.05) is 58.4 Å². The van der Waals surface area contributed by atoms with Crippen molar-refractivity contribution in [1.29, 1.82) is 0 Å². The van der Waals surface area contributed by atoms with Crippen LogP contribution in [-0.4, -0.2) is 24.3 Å². The third-order valence-electron chi connectivity index (χ3n) is 4.27. The summed E-state index contributed by atoms with van der Waals surface area (Å²) >= 11 is 0. The fourth-order valence-corrected chi connectivity index (χ4v) is 2.27. The number of rotatable bonds is 5.